The predicted octanol–water partition coefficient (Wildman–Crippen LogP) is 1.93. The fraction of sp³-hybridized carbons (Fsp3) is 0.579. The molecule has 1 aromatic carbocycles. The molecule has 7 heteroatoms. The third-order valence-corrected chi connectivity index (χ3v) is 4.57. The number of carbonyl (C=O) groups excluding carboxylic acids is 2. The first-order valence-corrected chi connectivity index (χ1v) is 9.45. The molecule has 2 N–H and O–H groups in total. The van der Waals surface area contributed by atoms with Gasteiger partial charge in [-0.2, -0.15) is 0 Å². The molecule has 0 radical (unpaired) electrons. The van der Waals surface area contributed by atoms with Crippen molar-refractivity contribution < 1.29 is 14.3 Å². The quantitative estimate of drug-likeness (QED) is 0.721. The zero-order valence-electron chi connectivity index (χ0n) is 15.5. The molecule has 0 aliphatic carbocycles. The molecule has 0 bridgehead atoms. The smallest absolute Gasteiger partial charge is 0.251 e. The number of hydrogen-bond acceptors (Lipinski definition) is 4. The summed E-state index contributed by atoms with van der Waals surface area (Å²) >= 11 is 5.88. The second-order valence-corrected chi connectivity index (χ2v) is 7.37. The predicted molar refractivity (Wildman–Crippen MR) is 102 cm³/mol. The molecule has 144 valence electrons. The first kappa shape index (κ1) is 20.7. The van der Waals surface area contributed by atoms with Crippen LogP contribution in [-0.4, -0.2) is 62.1 Å². The van der Waals surface area contributed by atoms with Crippen molar-refractivity contribution in [3.63, 3.8) is 0 Å². The van der Waals surface area contributed by atoms with Gasteiger partial charge in [0.1, 0.15) is 0 Å². The van der Waals surface area contributed by atoms with Crippen molar-refractivity contribution in [2.45, 2.75) is 26.3 Å². The standard InChI is InChI=1S/C19H28ClN3O3/c1-14(2)10-17(23-6-8-26-9-7-23)12-21-18(24)13-22-19(25)15-4-3-5-16(20)11-15/h3-5,11,14,17H,6-10,12-13H2,1-2H3,(H,21,24)(H,22,25). The first-order chi connectivity index (χ1) is 12.5. The summed E-state index contributed by atoms with van der Waals surface area (Å²) in [6.45, 7) is 8.13. The summed E-state index contributed by atoms with van der Waals surface area (Å²) in [6, 6.07) is 6.93. The van der Waals surface area contributed by atoms with Crippen LogP contribution in [0.5, 0.6) is 0 Å². The number of rotatable bonds is 8. The van der Waals surface area contributed by atoms with Crippen molar-refractivity contribution in [3.8, 4) is 0 Å². The van der Waals surface area contributed by atoms with E-state index in [0.717, 1.165) is 32.7 Å². The summed E-state index contributed by atoms with van der Waals surface area (Å²) in [5, 5.41) is 6.06. The van der Waals surface area contributed by atoms with Crippen LogP contribution < -0.4 is 10.6 Å². The SMILES string of the molecule is CC(C)CC(CNC(=O)CNC(=O)c1cccc(Cl)c1)N1CCOCC1. The van der Waals surface area contributed by atoms with Crippen molar-refractivity contribution in [3.05, 3.63) is 34.9 Å². The fourth-order valence-electron chi connectivity index (χ4n) is 3.03. The van der Waals surface area contributed by atoms with Gasteiger partial charge in [0.05, 0.1) is 19.8 Å². The molecule has 0 aromatic heterocycles. The summed E-state index contributed by atoms with van der Waals surface area (Å²) in [5.74, 6) is 0.0410. The largest absolute Gasteiger partial charge is 0.379 e. The number of nitrogens with zero attached hydrogens (tertiary/aromatic N) is 1. The summed E-state index contributed by atoms with van der Waals surface area (Å²) in [5.41, 5.74) is 0.441. The Morgan fingerprint density at radius 1 is 1.23 bits per heavy atom. The number of morpholine rings is 1. The van der Waals surface area contributed by atoms with Gasteiger partial charge >= 0.3 is 0 Å². The lowest BCUT2D eigenvalue weighted by atomic mass is 10.0. The van der Waals surface area contributed by atoms with E-state index in [2.05, 4.69) is 29.4 Å². The van der Waals surface area contributed by atoms with E-state index >= 15 is 0 Å². The highest BCUT2D eigenvalue weighted by atomic mass is 35.5. The van der Waals surface area contributed by atoms with Crippen LogP contribution in [0.4, 0.5) is 0 Å². The van der Waals surface area contributed by atoms with Crippen molar-refractivity contribution in [1.29, 1.82) is 0 Å². The maximum atomic E-state index is 12.1. The molecule has 2 rings (SSSR count). The lowest BCUT2D eigenvalue weighted by Crippen LogP contribution is -2.50. The van der Waals surface area contributed by atoms with Crippen LogP contribution in [0.2, 0.25) is 5.02 Å². The summed E-state index contributed by atoms with van der Waals surface area (Å²) in [4.78, 5) is 26.6. The molecule has 6 nitrogen and oxygen atoms in total. The van der Waals surface area contributed by atoms with Crippen LogP contribution >= 0.6 is 11.6 Å². The Morgan fingerprint density at radius 3 is 2.62 bits per heavy atom. The maximum Gasteiger partial charge on any atom is 0.251 e. The van der Waals surface area contributed by atoms with Crippen LogP contribution in [0.25, 0.3) is 0 Å². The number of amides is 2. The average Bonchev–Trinajstić information content (AvgIpc) is 2.63. The minimum atomic E-state index is -0.311. The zero-order chi connectivity index (χ0) is 18.9. The van der Waals surface area contributed by atoms with E-state index in [0.29, 0.717) is 23.0 Å². The van der Waals surface area contributed by atoms with Gasteiger partial charge in [0, 0.05) is 36.3 Å². The van der Waals surface area contributed by atoms with Gasteiger partial charge in [0.15, 0.2) is 0 Å². The van der Waals surface area contributed by atoms with Gasteiger partial charge in [-0.05, 0) is 30.5 Å². The summed E-state index contributed by atoms with van der Waals surface area (Å²) in [7, 11) is 0. The van der Waals surface area contributed by atoms with Crippen LogP contribution in [0.1, 0.15) is 30.6 Å². The van der Waals surface area contributed by atoms with Gasteiger partial charge in [-0.1, -0.05) is 31.5 Å². The highest BCUT2D eigenvalue weighted by molar-refractivity contribution is 6.30. The molecule has 1 saturated heterocycles. The van der Waals surface area contributed by atoms with Crippen LogP contribution in [0.3, 0.4) is 0 Å². The van der Waals surface area contributed by atoms with E-state index in [1.807, 2.05) is 0 Å². The highest BCUT2D eigenvalue weighted by Crippen LogP contribution is 2.13. The summed E-state index contributed by atoms with van der Waals surface area (Å²) < 4.78 is 5.41. The third kappa shape index (κ3) is 6.94. The molecule has 1 aliphatic rings. The van der Waals surface area contributed by atoms with Gasteiger partial charge in [-0.25, -0.2) is 0 Å². The van der Waals surface area contributed by atoms with E-state index in [1.54, 1.807) is 24.3 Å². The van der Waals surface area contributed by atoms with Crippen LogP contribution in [0.15, 0.2) is 24.3 Å². The normalized spacial score (nSPS) is 16.3. The van der Waals surface area contributed by atoms with Gasteiger partial charge in [-0.15, -0.1) is 0 Å². The zero-order valence-corrected chi connectivity index (χ0v) is 16.2. The number of carbonyl (C=O) groups is 2. The molecule has 2 amide bonds. The molecule has 1 unspecified atom stereocenters. The van der Waals surface area contributed by atoms with E-state index in [-0.39, 0.29) is 24.4 Å². The van der Waals surface area contributed by atoms with Gasteiger partial charge < -0.3 is 15.4 Å². The number of ether oxygens (including phenoxy) is 1. The van der Waals surface area contributed by atoms with Gasteiger partial charge in [-0.3, -0.25) is 14.5 Å². The lowest BCUT2D eigenvalue weighted by molar-refractivity contribution is -0.120. The molecule has 1 fully saturated rings. The number of hydrogen-bond donors (Lipinski definition) is 2. The Labute approximate surface area is 160 Å². The van der Waals surface area contributed by atoms with Crippen LogP contribution in [0, 0.1) is 5.92 Å². The van der Waals surface area contributed by atoms with Gasteiger partial charge in [0.2, 0.25) is 5.91 Å². The van der Waals surface area contributed by atoms with E-state index in [1.165, 1.54) is 0 Å². The maximum absolute atomic E-state index is 12.1. The Hall–Kier alpha value is -1.63. The topological polar surface area (TPSA) is 70.7 Å². The Morgan fingerprint density at radius 2 is 1.96 bits per heavy atom. The molecule has 0 saturated carbocycles. The molecule has 1 heterocycles. The van der Waals surface area contributed by atoms with Gasteiger partial charge in [0.25, 0.3) is 5.91 Å². The van der Waals surface area contributed by atoms with E-state index in [4.69, 9.17) is 16.3 Å². The number of nitrogens with one attached hydrogen (secondary N) is 2. The van der Waals surface area contributed by atoms with E-state index < -0.39 is 0 Å². The minimum absolute atomic E-state index is 0.0527. The van der Waals surface area contributed by atoms with Crippen molar-refractivity contribution in [2.24, 2.45) is 5.92 Å². The molecular weight excluding hydrogens is 354 g/mol. The second kappa shape index (κ2) is 10.5. The Kier molecular flexibility index (Phi) is 8.35. The van der Waals surface area contributed by atoms with Crippen molar-refractivity contribution >= 4 is 23.4 Å². The fourth-order valence-corrected chi connectivity index (χ4v) is 3.23. The third-order valence-electron chi connectivity index (χ3n) is 4.34. The molecule has 1 aromatic rings. The highest BCUT2D eigenvalue weighted by Gasteiger charge is 2.22. The second-order valence-electron chi connectivity index (χ2n) is 6.93. The average molecular weight is 382 g/mol. The monoisotopic (exact) mass is 381 g/mol. The first-order valence-electron chi connectivity index (χ1n) is 9.08. The molecule has 1 atom stereocenters. The lowest BCUT2D eigenvalue weighted by Gasteiger charge is -2.35. The molecule has 1 aliphatic heterocycles. The van der Waals surface area contributed by atoms with Crippen LogP contribution in [-0.2, 0) is 9.53 Å². The minimum Gasteiger partial charge on any atom is -0.379 e. The number of halogens is 1. The summed E-state index contributed by atoms with van der Waals surface area (Å²) in [6.07, 6.45) is 1.01. The Balaban J connectivity index is 1.78. The number of benzene rings is 1. The van der Waals surface area contributed by atoms with Crippen molar-refractivity contribution in [2.75, 3.05) is 39.4 Å². The van der Waals surface area contributed by atoms with Crippen molar-refractivity contribution in [1.82, 2.24) is 15.5 Å². The van der Waals surface area contributed by atoms with E-state index in [9.17, 15) is 9.59 Å². The molecular formula is C19H28ClN3O3. The molecule has 0 spiro atoms. The Bertz CT molecular complexity index is 603. The molecule has 26 heavy (non-hydrogen) atoms.